The zero-order chi connectivity index (χ0) is 13.7. The quantitative estimate of drug-likeness (QED) is 0.847. The number of nitrogens with two attached hydrogens (primary N) is 1. The second-order valence-electron chi connectivity index (χ2n) is 4.72. The minimum atomic E-state index is 0.448. The Morgan fingerprint density at radius 3 is 2.00 bits per heavy atom. The van der Waals surface area contributed by atoms with E-state index in [2.05, 4.69) is 48.3 Å². The summed E-state index contributed by atoms with van der Waals surface area (Å²) in [6.45, 7) is 1.85. The summed E-state index contributed by atoms with van der Waals surface area (Å²) in [4.78, 5) is 2.73. The molecule has 0 aliphatic carbocycles. The van der Waals surface area contributed by atoms with Crippen molar-refractivity contribution >= 4 is 17.2 Å². The number of thiocarbonyl (C=S) groups is 1. The Morgan fingerprint density at radius 2 is 1.47 bits per heavy atom. The van der Waals surface area contributed by atoms with E-state index in [-0.39, 0.29) is 0 Å². The van der Waals surface area contributed by atoms with E-state index in [1.54, 1.807) is 0 Å². The van der Waals surface area contributed by atoms with Crippen LogP contribution in [0, 0.1) is 0 Å². The van der Waals surface area contributed by atoms with Crippen LogP contribution in [0.25, 0.3) is 0 Å². The van der Waals surface area contributed by atoms with Crippen LogP contribution in [0.4, 0.5) is 0 Å². The summed E-state index contributed by atoms with van der Waals surface area (Å²) in [7, 11) is 2.12. The molecular weight excluding hydrogens is 252 g/mol. The molecule has 0 aromatic heterocycles. The molecule has 2 N–H and O–H groups in total. The minimum Gasteiger partial charge on any atom is -0.389 e. The Bertz CT molecular complexity index is 534. The summed E-state index contributed by atoms with van der Waals surface area (Å²) in [5, 5.41) is 0. The van der Waals surface area contributed by atoms with E-state index >= 15 is 0 Å². The summed E-state index contributed by atoms with van der Waals surface area (Å²) >= 11 is 4.95. The van der Waals surface area contributed by atoms with Crippen LogP contribution in [0.1, 0.15) is 16.7 Å². The van der Waals surface area contributed by atoms with Crippen LogP contribution in [0.15, 0.2) is 54.6 Å². The molecule has 0 atom stereocenters. The Morgan fingerprint density at radius 1 is 0.947 bits per heavy atom. The first-order valence-corrected chi connectivity index (χ1v) is 6.67. The van der Waals surface area contributed by atoms with Crippen molar-refractivity contribution < 1.29 is 0 Å². The largest absolute Gasteiger partial charge is 0.389 e. The van der Waals surface area contributed by atoms with E-state index in [1.807, 2.05) is 18.2 Å². The number of hydrogen-bond donors (Lipinski definition) is 1. The molecule has 0 aliphatic rings. The molecule has 19 heavy (non-hydrogen) atoms. The second-order valence-corrected chi connectivity index (χ2v) is 5.16. The molecule has 0 bridgehead atoms. The molecule has 0 heterocycles. The fourth-order valence-corrected chi connectivity index (χ4v) is 2.17. The normalized spacial score (nSPS) is 10.6. The standard InChI is InChI=1S/C16H18N2S/c1-18(11-13-5-3-2-4-6-13)12-14-7-9-15(10-8-14)16(17)19/h2-10H,11-12H2,1H3,(H2,17,19). The molecule has 0 saturated heterocycles. The summed E-state index contributed by atoms with van der Waals surface area (Å²) < 4.78 is 0. The zero-order valence-corrected chi connectivity index (χ0v) is 11.9. The fraction of sp³-hybridized carbons (Fsp3) is 0.188. The van der Waals surface area contributed by atoms with Gasteiger partial charge in [0.2, 0.25) is 0 Å². The molecule has 0 radical (unpaired) electrons. The Hall–Kier alpha value is -1.71. The predicted molar refractivity (Wildman–Crippen MR) is 83.9 cm³/mol. The number of nitrogens with zero attached hydrogens (tertiary/aromatic N) is 1. The van der Waals surface area contributed by atoms with Gasteiger partial charge in [-0.15, -0.1) is 0 Å². The lowest BCUT2D eigenvalue weighted by molar-refractivity contribution is 0.319. The third kappa shape index (κ3) is 4.16. The summed E-state index contributed by atoms with van der Waals surface area (Å²) in [5.41, 5.74) is 9.10. The van der Waals surface area contributed by atoms with E-state index < -0.39 is 0 Å². The highest BCUT2D eigenvalue weighted by Gasteiger charge is 2.02. The first-order valence-electron chi connectivity index (χ1n) is 6.26. The van der Waals surface area contributed by atoms with Crippen LogP contribution < -0.4 is 5.73 Å². The number of hydrogen-bond acceptors (Lipinski definition) is 2. The fourth-order valence-electron chi connectivity index (χ4n) is 2.04. The molecule has 0 spiro atoms. The summed E-state index contributed by atoms with van der Waals surface area (Å²) in [6.07, 6.45) is 0. The molecule has 2 aromatic rings. The number of rotatable bonds is 5. The van der Waals surface area contributed by atoms with Crippen molar-refractivity contribution in [2.75, 3.05) is 7.05 Å². The van der Waals surface area contributed by atoms with Crippen molar-refractivity contribution in [3.8, 4) is 0 Å². The lowest BCUT2D eigenvalue weighted by Gasteiger charge is -2.17. The average Bonchev–Trinajstić information content (AvgIpc) is 2.40. The van der Waals surface area contributed by atoms with E-state index in [4.69, 9.17) is 18.0 Å². The topological polar surface area (TPSA) is 29.3 Å². The van der Waals surface area contributed by atoms with Gasteiger partial charge in [0.1, 0.15) is 4.99 Å². The van der Waals surface area contributed by atoms with Crippen LogP contribution >= 0.6 is 12.2 Å². The molecule has 2 rings (SSSR count). The highest BCUT2D eigenvalue weighted by atomic mass is 32.1. The summed E-state index contributed by atoms with van der Waals surface area (Å²) in [6, 6.07) is 18.6. The molecule has 0 saturated carbocycles. The zero-order valence-electron chi connectivity index (χ0n) is 11.0. The van der Waals surface area contributed by atoms with Crippen LogP contribution in [0.3, 0.4) is 0 Å². The minimum absolute atomic E-state index is 0.448. The van der Waals surface area contributed by atoms with Crippen molar-refractivity contribution in [1.82, 2.24) is 4.90 Å². The van der Waals surface area contributed by atoms with Crippen LogP contribution in [-0.2, 0) is 13.1 Å². The molecular formula is C16H18N2S. The second kappa shape index (κ2) is 6.45. The van der Waals surface area contributed by atoms with Gasteiger partial charge in [0, 0.05) is 18.7 Å². The van der Waals surface area contributed by atoms with Gasteiger partial charge in [-0.05, 0) is 18.2 Å². The SMILES string of the molecule is CN(Cc1ccccc1)Cc1ccc(C(N)=S)cc1. The first-order chi connectivity index (χ1) is 9.15. The maximum absolute atomic E-state index is 5.59. The van der Waals surface area contributed by atoms with Crippen molar-refractivity contribution in [2.24, 2.45) is 5.73 Å². The van der Waals surface area contributed by atoms with Crippen molar-refractivity contribution in [1.29, 1.82) is 0 Å². The maximum Gasteiger partial charge on any atom is 0.103 e. The molecule has 3 heteroatoms. The molecule has 2 nitrogen and oxygen atoms in total. The lowest BCUT2D eigenvalue weighted by Crippen LogP contribution is -2.17. The molecule has 98 valence electrons. The van der Waals surface area contributed by atoms with Gasteiger partial charge in [0.05, 0.1) is 0 Å². The van der Waals surface area contributed by atoms with E-state index in [0.29, 0.717) is 4.99 Å². The molecule has 2 aromatic carbocycles. The Labute approximate surface area is 119 Å². The third-order valence-electron chi connectivity index (χ3n) is 2.99. The van der Waals surface area contributed by atoms with Gasteiger partial charge in [0.25, 0.3) is 0 Å². The Balaban J connectivity index is 1.95. The van der Waals surface area contributed by atoms with Gasteiger partial charge in [0.15, 0.2) is 0 Å². The molecule has 0 fully saturated rings. The van der Waals surface area contributed by atoms with Gasteiger partial charge in [-0.2, -0.15) is 0 Å². The van der Waals surface area contributed by atoms with Crippen LogP contribution in [0.2, 0.25) is 0 Å². The van der Waals surface area contributed by atoms with Gasteiger partial charge < -0.3 is 5.73 Å². The predicted octanol–water partition coefficient (Wildman–Crippen LogP) is 2.95. The molecule has 0 aliphatic heterocycles. The van der Waals surface area contributed by atoms with E-state index in [0.717, 1.165) is 18.7 Å². The van der Waals surface area contributed by atoms with Gasteiger partial charge in [-0.3, -0.25) is 4.90 Å². The van der Waals surface area contributed by atoms with Crippen LogP contribution in [-0.4, -0.2) is 16.9 Å². The Kier molecular flexibility index (Phi) is 4.66. The average molecular weight is 270 g/mol. The van der Waals surface area contributed by atoms with E-state index in [1.165, 1.54) is 11.1 Å². The van der Waals surface area contributed by atoms with Gasteiger partial charge in [-0.1, -0.05) is 66.8 Å². The highest BCUT2D eigenvalue weighted by molar-refractivity contribution is 7.80. The van der Waals surface area contributed by atoms with Crippen LogP contribution in [0.5, 0.6) is 0 Å². The summed E-state index contributed by atoms with van der Waals surface area (Å²) in [5.74, 6) is 0. The maximum atomic E-state index is 5.59. The highest BCUT2D eigenvalue weighted by Crippen LogP contribution is 2.09. The van der Waals surface area contributed by atoms with Crippen molar-refractivity contribution in [2.45, 2.75) is 13.1 Å². The molecule has 0 amide bonds. The van der Waals surface area contributed by atoms with E-state index in [9.17, 15) is 0 Å². The van der Waals surface area contributed by atoms with Crippen molar-refractivity contribution in [3.63, 3.8) is 0 Å². The smallest absolute Gasteiger partial charge is 0.103 e. The first kappa shape index (κ1) is 13.7. The van der Waals surface area contributed by atoms with Gasteiger partial charge >= 0.3 is 0 Å². The monoisotopic (exact) mass is 270 g/mol. The van der Waals surface area contributed by atoms with Gasteiger partial charge in [-0.25, -0.2) is 0 Å². The van der Waals surface area contributed by atoms with Crippen molar-refractivity contribution in [3.05, 3.63) is 71.3 Å². The number of benzene rings is 2. The lowest BCUT2D eigenvalue weighted by atomic mass is 10.1. The third-order valence-corrected chi connectivity index (χ3v) is 3.22. The molecule has 0 unspecified atom stereocenters.